The first-order chi connectivity index (χ1) is 27.5. The van der Waals surface area contributed by atoms with Crippen molar-refractivity contribution in [3.63, 3.8) is 0 Å². The van der Waals surface area contributed by atoms with Crippen molar-refractivity contribution in [2.24, 2.45) is 0 Å². The summed E-state index contributed by atoms with van der Waals surface area (Å²) in [5.74, 6) is 0.716. The third-order valence-corrected chi connectivity index (χ3v) is 12.8. The Kier molecular flexibility index (Phi) is 7.42. The molecule has 1 aliphatic rings. The summed E-state index contributed by atoms with van der Waals surface area (Å²) in [6.07, 6.45) is 0. The fraction of sp³-hybridized carbons (Fsp3) is 0.0566. The van der Waals surface area contributed by atoms with Crippen LogP contribution in [-0.4, -0.2) is 9.97 Å². The molecule has 2 heterocycles. The van der Waals surface area contributed by atoms with Gasteiger partial charge in [-0.2, -0.15) is 0 Å². The largest absolute Gasteiger partial charge is 0.228 e. The molecule has 2 aromatic heterocycles. The fourth-order valence-electron chi connectivity index (χ4n) is 8.73. The van der Waals surface area contributed by atoms with Crippen molar-refractivity contribution in [3.8, 4) is 67.3 Å². The Morgan fingerprint density at radius 1 is 0.393 bits per heavy atom. The molecule has 2 nitrogen and oxygen atoms in total. The number of thiophene rings is 1. The molecule has 0 aliphatic heterocycles. The van der Waals surface area contributed by atoms with E-state index in [1.165, 1.54) is 75.5 Å². The van der Waals surface area contributed by atoms with Crippen LogP contribution in [0.25, 0.3) is 98.2 Å². The standard InChI is InChI=1S/C53H36N2S/c1-53(2)45-17-10-16-41(51(45)44-29-38-13-6-7-14-39(38)30-46(44)53)34-21-25-36(26-22-34)48-32-47(54-52(55-48)37-11-4-3-5-12-37)35-23-19-33(20-24-35)40-27-28-43-42-15-8-9-18-49(42)56-50(43)31-40/h3-32H,1-2H3. The molecule has 0 fully saturated rings. The molecule has 264 valence electrons. The Hall–Kier alpha value is -6.68. The van der Waals surface area contributed by atoms with Gasteiger partial charge in [0.15, 0.2) is 5.82 Å². The number of fused-ring (bicyclic) bond motifs is 7. The molecule has 1 aliphatic carbocycles. The van der Waals surface area contributed by atoms with E-state index in [1.54, 1.807) is 0 Å². The molecule has 11 rings (SSSR count). The van der Waals surface area contributed by atoms with Crippen molar-refractivity contribution in [1.29, 1.82) is 0 Å². The van der Waals surface area contributed by atoms with Gasteiger partial charge >= 0.3 is 0 Å². The van der Waals surface area contributed by atoms with Crippen molar-refractivity contribution >= 4 is 42.3 Å². The molecule has 0 saturated carbocycles. The SMILES string of the molecule is CC1(C)c2cc3ccccc3cc2-c2c(-c3ccc(-c4cc(-c5ccc(-c6ccc7c(c6)sc6ccccc67)cc5)nc(-c5ccccc5)n4)cc3)cccc21. The van der Waals surface area contributed by atoms with Gasteiger partial charge in [-0.1, -0.05) is 166 Å². The number of rotatable bonds is 5. The van der Waals surface area contributed by atoms with E-state index in [0.29, 0.717) is 5.82 Å². The third-order valence-electron chi connectivity index (χ3n) is 11.7. The Labute approximate surface area is 330 Å². The molecule has 0 N–H and O–H groups in total. The summed E-state index contributed by atoms with van der Waals surface area (Å²) in [4.78, 5) is 10.3. The maximum atomic E-state index is 5.14. The molecule has 0 saturated heterocycles. The maximum Gasteiger partial charge on any atom is 0.160 e. The first kappa shape index (κ1) is 32.7. The van der Waals surface area contributed by atoms with Gasteiger partial charge in [0.2, 0.25) is 0 Å². The van der Waals surface area contributed by atoms with Gasteiger partial charge in [-0.3, -0.25) is 0 Å². The Morgan fingerprint density at radius 2 is 1.00 bits per heavy atom. The van der Waals surface area contributed by atoms with Crippen molar-refractivity contribution in [3.05, 3.63) is 193 Å². The lowest BCUT2D eigenvalue weighted by Crippen LogP contribution is -2.14. The Balaban J connectivity index is 0.966. The molecule has 0 amide bonds. The predicted octanol–water partition coefficient (Wildman–Crippen LogP) is 14.6. The van der Waals surface area contributed by atoms with Gasteiger partial charge in [-0.05, 0) is 85.6 Å². The molecule has 8 aromatic carbocycles. The number of benzene rings is 8. The number of hydrogen-bond acceptors (Lipinski definition) is 3. The highest BCUT2D eigenvalue weighted by molar-refractivity contribution is 7.25. The third kappa shape index (κ3) is 5.31. The topological polar surface area (TPSA) is 25.8 Å². The van der Waals surface area contributed by atoms with E-state index in [1.807, 2.05) is 29.5 Å². The van der Waals surface area contributed by atoms with E-state index in [-0.39, 0.29) is 5.41 Å². The van der Waals surface area contributed by atoms with Crippen molar-refractivity contribution in [2.75, 3.05) is 0 Å². The van der Waals surface area contributed by atoms with Crippen LogP contribution in [0.5, 0.6) is 0 Å². The first-order valence-corrected chi connectivity index (χ1v) is 20.0. The van der Waals surface area contributed by atoms with E-state index in [0.717, 1.165) is 28.1 Å². The highest BCUT2D eigenvalue weighted by Gasteiger charge is 2.37. The van der Waals surface area contributed by atoms with Gasteiger partial charge in [0, 0.05) is 42.3 Å². The van der Waals surface area contributed by atoms with Crippen LogP contribution in [-0.2, 0) is 5.41 Å². The number of hydrogen-bond donors (Lipinski definition) is 0. The summed E-state index contributed by atoms with van der Waals surface area (Å²) in [6, 6.07) is 65.9. The van der Waals surface area contributed by atoms with E-state index in [9.17, 15) is 0 Å². The summed E-state index contributed by atoms with van der Waals surface area (Å²) < 4.78 is 2.64. The monoisotopic (exact) mass is 732 g/mol. The van der Waals surface area contributed by atoms with Crippen LogP contribution in [0.1, 0.15) is 25.0 Å². The van der Waals surface area contributed by atoms with Crippen molar-refractivity contribution in [1.82, 2.24) is 9.97 Å². The van der Waals surface area contributed by atoms with Gasteiger partial charge in [0.25, 0.3) is 0 Å². The summed E-state index contributed by atoms with van der Waals surface area (Å²) in [5.41, 5.74) is 15.1. The van der Waals surface area contributed by atoms with Crippen LogP contribution in [0.15, 0.2) is 182 Å². The molecular formula is C53H36N2S. The van der Waals surface area contributed by atoms with E-state index < -0.39 is 0 Å². The molecule has 3 heteroatoms. The van der Waals surface area contributed by atoms with Crippen LogP contribution in [0.3, 0.4) is 0 Å². The minimum Gasteiger partial charge on any atom is -0.228 e. The highest BCUT2D eigenvalue weighted by Crippen LogP contribution is 2.53. The zero-order valence-corrected chi connectivity index (χ0v) is 31.9. The molecule has 0 atom stereocenters. The predicted molar refractivity (Wildman–Crippen MR) is 237 cm³/mol. The van der Waals surface area contributed by atoms with Crippen LogP contribution in [0.2, 0.25) is 0 Å². The molecule has 0 spiro atoms. The maximum absolute atomic E-state index is 5.14. The number of aromatic nitrogens is 2. The molecular weight excluding hydrogens is 697 g/mol. The summed E-state index contributed by atoms with van der Waals surface area (Å²) in [6.45, 7) is 4.71. The zero-order chi connectivity index (χ0) is 37.4. The van der Waals surface area contributed by atoms with Crippen molar-refractivity contribution < 1.29 is 0 Å². The first-order valence-electron chi connectivity index (χ1n) is 19.2. The smallest absolute Gasteiger partial charge is 0.160 e. The molecule has 0 unspecified atom stereocenters. The Morgan fingerprint density at radius 3 is 1.75 bits per heavy atom. The molecule has 10 aromatic rings. The van der Waals surface area contributed by atoms with Gasteiger partial charge in [0.05, 0.1) is 11.4 Å². The number of nitrogens with zero attached hydrogens (tertiary/aromatic N) is 2. The second-order valence-electron chi connectivity index (χ2n) is 15.4. The van der Waals surface area contributed by atoms with Crippen LogP contribution in [0.4, 0.5) is 0 Å². The second kappa shape index (κ2) is 12.7. The molecule has 0 bridgehead atoms. The van der Waals surface area contributed by atoms with Gasteiger partial charge in [0.1, 0.15) is 0 Å². The second-order valence-corrected chi connectivity index (χ2v) is 16.5. The van der Waals surface area contributed by atoms with Gasteiger partial charge in [-0.15, -0.1) is 11.3 Å². The minimum absolute atomic E-state index is 0.0825. The zero-order valence-electron chi connectivity index (χ0n) is 31.1. The van der Waals surface area contributed by atoms with Crippen LogP contribution in [0, 0.1) is 0 Å². The molecule has 56 heavy (non-hydrogen) atoms. The van der Waals surface area contributed by atoms with E-state index >= 15 is 0 Å². The quantitative estimate of drug-likeness (QED) is 0.176. The minimum atomic E-state index is -0.0825. The average Bonchev–Trinajstić information content (AvgIpc) is 3.74. The summed E-state index contributed by atoms with van der Waals surface area (Å²) >= 11 is 1.85. The molecule has 0 radical (unpaired) electrons. The van der Waals surface area contributed by atoms with E-state index in [4.69, 9.17) is 9.97 Å². The van der Waals surface area contributed by atoms with Crippen LogP contribution < -0.4 is 0 Å². The van der Waals surface area contributed by atoms with Crippen LogP contribution >= 0.6 is 11.3 Å². The van der Waals surface area contributed by atoms with Gasteiger partial charge in [-0.25, -0.2) is 9.97 Å². The lowest BCUT2D eigenvalue weighted by Gasteiger charge is -2.22. The normalized spacial score (nSPS) is 13.0. The average molecular weight is 733 g/mol. The summed E-state index contributed by atoms with van der Waals surface area (Å²) in [7, 11) is 0. The Bertz CT molecular complexity index is 3140. The van der Waals surface area contributed by atoms with Crippen molar-refractivity contribution in [2.45, 2.75) is 19.3 Å². The lowest BCUT2D eigenvalue weighted by atomic mass is 9.81. The van der Waals surface area contributed by atoms with E-state index in [2.05, 4.69) is 178 Å². The fourth-order valence-corrected chi connectivity index (χ4v) is 9.88. The summed E-state index contributed by atoms with van der Waals surface area (Å²) in [5, 5.41) is 5.21. The highest BCUT2D eigenvalue weighted by atomic mass is 32.1. The lowest BCUT2D eigenvalue weighted by molar-refractivity contribution is 0.661. The van der Waals surface area contributed by atoms with Gasteiger partial charge < -0.3 is 0 Å².